The van der Waals surface area contributed by atoms with Crippen molar-refractivity contribution in [1.82, 2.24) is 24.4 Å². The van der Waals surface area contributed by atoms with Gasteiger partial charge < -0.3 is 14.3 Å². The third-order valence-corrected chi connectivity index (χ3v) is 5.80. The van der Waals surface area contributed by atoms with E-state index in [-0.39, 0.29) is 5.54 Å². The van der Waals surface area contributed by atoms with Crippen LogP contribution in [-0.4, -0.2) is 56.3 Å². The van der Waals surface area contributed by atoms with Crippen LogP contribution in [0.4, 0.5) is 0 Å². The number of morpholine rings is 1. The minimum Gasteiger partial charge on any atom is -0.379 e. The summed E-state index contributed by atoms with van der Waals surface area (Å²) in [5.41, 5.74) is 5.27. The van der Waals surface area contributed by atoms with E-state index in [1.54, 1.807) is 0 Å². The van der Waals surface area contributed by atoms with Gasteiger partial charge in [0.1, 0.15) is 11.5 Å². The average Bonchev–Trinajstić information content (AvgIpc) is 3.31. The Kier molecular flexibility index (Phi) is 5.56. The van der Waals surface area contributed by atoms with Crippen molar-refractivity contribution < 1.29 is 4.74 Å². The SMILES string of the molecule is CCc1nc(-c2c(-c3ccccc3)ncn2CC(C)(C)N2CCOCC2)c(C)[nH]1. The molecule has 0 atom stereocenters. The van der Waals surface area contributed by atoms with Crippen LogP contribution in [0.3, 0.4) is 0 Å². The number of hydrogen-bond acceptors (Lipinski definition) is 4. The lowest BCUT2D eigenvalue weighted by molar-refractivity contribution is -0.0155. The summed E-state index contributed by atoms with van der Waals surface area (Å²) in [6.07, 6.45) is 2.86. The number of aromatic nitrogens is 4. The number of nitrogens with one attached hydrogen (secondary N) is 1. The molecule has 1 aromatic carbocycles. The smallest absolute Gasteiger partial charge is 0.110 e. The molecule has 0 amide bonds. The Morgan fingerprint density at radius 2 is 1.83 bits per heavy atom. The second-order valence-corrected chi connectivity index (χ2v) is 8.36. The zero-order valence-electron chi connectivity index (χ0n) is 17.9. The average molecular weight is 394 g/mol. The largest absolute Gasteiger partial charge is 0.379 e. The number of hydrogen-bond donors (Lipinski definition) is 1. The summed E-state index contributed by atoms with van der Waals surface area (Å²) in [6.45, 7) is 13.2. The van der Waals surface area contributed by atoms with Gasteiger partial charge in [0, 0.05) is 42.9 Å². The molecule has 1 N–H and O–H groups in total. The highest BCUT2D eigenvalue weighted by atomic mass is 16.5. The van der Waals surface area contributed by atoms with Crippen LogP contribution < -0.4 is 0 Å². The first kappa shape index (κ1) is 19.9. The van der Waals surface area contributed by atoms with Crippen LogP contribution >= 0.6 is 0 Å². The van der Waals surface area contributed by atoms with Gasteiger partial charge >= 0.3 is 0 Å². The molecule has 1 saturated heterocycles. The molecule has 154 valence electrons. The lowest BCUT2D eigenvalue weighted by atomic mass is 10.0. The molecular formula is C23H31N5O. The number of ether oxygens (including phenoxy) is 1. The summed E-state index contributed by atoms with van der Waals surface area (Å²) in [4.78, 5) is 15.7. The summed E-state index contributed by atoms with van der Waals surface area (Å²) < 4.78 is 7.83. The number of aryl methyl sites for hydroxylation is 2. The third-order valence-electron chi connectivity index (χ3n) is 5.80. The van der Waals surface area contributed by atoms with Gasteiger partial charge in [0.15, 0.2) is 0 Å². The number of H-pyrrole nitrogens is 1. The van der Waals surface area contributed by atoms with Crippen molar-refractivity contribution in [2.24, 2.45) is 0 Å². The third kappa shape index (κ3) is 4.00. The second-order valence-electron chi connectivity index (χ2n) is 8.36. The van der Waals surface area contributed by atoms with Crippen molar-refractivity contribution >= 4 is 0 Å². The van der Waals surface area contributed by atoms with Crippen molar-refractivity contribution in [3.63, 3.8) is 0 Å². The number of benzene rings is 1. The van der Waals surface area contributed by atoms with Crippen LogP contribution in [0.1, 0.15) is 32.3 Å². The topological polar surface area (TPSA) is 59.0 Å². The van der Waals surface area contributed by atoms with Crippen molar-refractivity contribution in [3.05, 3.63) is 48.2 Å². The van der Waals surface area contributed by atoms with E-state index in [0.29, 0.717) is 0 Å². The summed E-state index contributed by atoms with van der Waals surface area (Å²) in [5.74, 6) is 1.01. The van der Waals surface area contributed by atoms with E-state index in [2.05, 4.69) is 66.4 Å². The molecule has 0 bridgehead atoms. The van der Waals surface area contributed by atoms with Crippen LogP contribution in [0.5, 0.6) is 0 Å². The second kappa shape index (κ2) is 8.13. The summed E-state index contributed by atoms with van der Waals surface area (Å²) in [6, 6.07) is 10.4. The molecule has 3 heterocycles. The van der Waals surface area contributed by atoms with Gasteiger partial charge in [0.25, 0.3) is 0 Å². The zero-order valence-corrected chi connectivity index (χ0v) is 17.9. The van der Waals surface area contributed by atoms with Gasteiger partial charge in [0.2, 0.25) is 0 Å². The van der Waals surface area contributed by atoms with Crippen LogP contribution in [-0.2, 0) is 17.7 Å². The van der Waals surface area contributed by atoms with Gasteiger partial charge in [-0.05, 0) is 20.8 Å². The molecule has 0 saturated carbocycles. The molecule has 29 heavy (non-hydrogen) atoms. The first-order valence-electron chi connectivity index (χ1n) is 10.5. The molecule has 0 radical (unpaired) electrons. The van der Waals surface area contributed by atoms with E-state index in [9.17, 15) is 0 Å². The molecule has 1 aliphatic heterocycles. The van der Waals surface area contributed by atoms with E-state index < -0.39 is 0 Å². The fourth-order valence-corrected chi connectivity index (χ4v) is 4.16. The Bertz CT molecular complexity index is 951. The fraction of sp³-hybridized carbons (Fsp3) is 0.478. The Labute approximate surface area is 172 Å². The summed E-state index contributed by atoms with van der Waals surface area (Å²) in [7, 11) is 0. The highest BCUT2D eigenvalue weighted by Gasteiger charge is 2.31. The molecule has 6 heteroatoms. The Hall–Kier alpha value is -2.44. The predicted octanol–water partition coefficient (Wildman–Crippen LogP) is 3.92. The zero-order chi connectivity index (χ0) is 20.4. The first-order chi connectivity index (χ1) is 14.0. The molecule has 6 nitrogen and oxygen atoms in total. The number of rotatable bonds is 6. The van der Waals surface area contributed by atoms with Crippen LogP contribution in [0.15, 0.2) is 36.7 Å². The lowest BCUT2D eigenvalue weighted by Crippen LogP contribution is -2.52. The Morgan fingerprint density at radius 3 is 2.48 bits per heavy atom. The molecule has 4 rings (SSSR count). The normalized spacial score (nSPS) is 15.7. The molecule has 0 spiro atoms. The van der Waals surface area contributed by atoms with Gasteiger partial charge in [-0.25, -0.2) is 9.97 Å². The minimum atomic E-state index is -0.00894. The maximum absolute atomic E-state index is 5.56. The molecule has 3 aromatic rings. The van der Waals surface area contributed by atoms with E-state index in [0.717, 1.165) is 73.4 Å². The molecule has 1 fully saturated rings. The van der Waals surface area contributed by atoms with Crippen molar-refractivity contribution in [2.45, 2.75) is 46.2 Å². The fourth-order valence-electron chi connectivity index (χ4n) is 4.16. The summed E-state index contributed by atoms with van der Waals surface area (Å²) in [5, 5.41) is 0. The standard InChI is InChI=1S/C23H31N5O/c1-5-19-25-17(2)20(26-19)22-21(18-9-7-6-8-10-18)24-16-27(22)15-23(3,4)28-11-13-29-14-12-28/h6-10,16H,5,11-15H2,1-4H3,(H,25,26). The summed E-state index contributed by atoms with van der Waals surface area (Å²) >= 11 is 0. The van der Waals surface area contributed by atoms with E-state index in [1.165, 1.54) is 0 Å². The molecule has 1 aliphatic rings. The monoisotopic (exact) mass is 393 g/mol. The highest BCUT2D eigenvalue weighted by molar-refractivity contribution is 5.78. The van der Waals surface area contributed by atoms with Crippen molar-refractivity contribution in [3.8, 4) is 22.6 Å². The molecule has 0 aliphatic carbocycles. The minimum absolute atomic E-state index is 0.00894. The van der Waals surface area contributed by atoms with E-state index in [4.69, 9.17) is 14.7 Å². The highest BCUT2D eigenvalue weighted by Crippen LogP contribution is 2.33. The van der Waals surface area contributed by atoms with Crippen molar-refractivity contribution in [2.75, 3.05) is 26.3 Å². The Balaban J connectivity index is 1.78. The van der Waals surface area contributed by atoms with Gasteiger partial charge in [-0.2, -0.15) is 0 Å². The molecule has 0 unspecified atom stereocenters. The lowest BCUT2D eigenvalue weighted by Gasteiger charge is -2.41. The van der Waals surface area contributed by atoms with Gasteiger partial charge in [-0.15, -0.1) is 0 Å². The van der Waals surface area contributed by atoms with Gasteiger partial charge in [0.05, 0.1) is 30.9 Å². The molecule has 2 aromatic heterocycles. The number of imidazole rings is 2. The van der Waals surface area contributed by atoms with Crippen LogP contribution in [0.2, 0.25) is 0 Å². The van der Waals surface area contributed by atoms with Crippen LogP contribution in [0, 0.1) is 6.92 Å². The number of nitrogens with zero attached hydrogens (tertiary/aromatic N) is 4. The maximum atomic E-state index is 5.56. The molecular weight excluding hydrogens is 362 g/mol. The predicted molar refractivity (Wildman–Crippen MR) is 116 cm³/mol. The van der Waals surface area contributed by atoms with Gasteiger partial charge in [-0.3, -0.25) is 4.90 Å². The van der Waals surface area contributed by atoms with E-state index in [1.807, 2.05) is 12.4 Å². The first-order valence-corrected chi connectivity index (χ1v) is 10.5. The van der Waals surface area contributed by atoms with Crippen LogP contribution in [0.25, 0.3) is 22.6 Å². The van der Waals surface area contributed by atoms with E-state index >= 15 is 0 Å². The number of aromatic amines is 1. The van der Waals surface area contributed by atoms with Crippen molar-refractivity contribution in [1.29, 1.82) is 0 Å². The maximum Gasteiger partial charge on any atom is 0.110 e. The quantitative estimate of drug-likeness (QED) is 0.690. The Morgan fingerprint density at radius 1 is 1.10 bits per heavy atom. The van der Waals surface area contributed by atoms with Gasteiger partial charge in [-0.1, -0.05) is 37.3 Å².